The standard InChI is InChI=1S/C43H40N2O7/c46-37-26-38-44(37)28-36(51-38)41(49-29-32-18-8-2-9-19-32)39(42(47)52-40(34-22-12-4-13-23-34)35-24-14-5-15-25-35)45(27-31-16-6-1-7-17-31)43(48)50-30-33-20-10-3-11-21-33/h1-25,36,38-41H,26-30H2/t36-,38-,39+,41+/m1/s1. The summed E-state index contributed by atoms with van der Waals surface area (Å²) in [6.07, 6.45) is -3.50. The third-order valence-corrected chi connectivity index (χ3v) is 9.34. The molecule has 7 rings (SSSR count). The number of rotatable bonds is 14. The van der Waals surface area contributed by atoms with Gasteiger partial charge in [-0.1, -0.05) is 152 Å². The summed E-state index contributed by atoms with van der Waals surface area (Å²) < 4.78 is 25.5. The third-order valence-electron chi connectivity index (χ3n) is 9.34. The number of esters is 1. The zero-order valence-electron chi connectivity index (χ0n) is 28.6. The molecule has 0 radical (unpaired) electrons. The van der Waals surface area contributed by atoms with Gasteiger partial charge in [-0.15, -0.1) is 0 Å². The van der Waals surface area contributed by atoms with Crippen LogP contribution in [0.5, 0.6) is 0 Å². The number of carbonyl (C=O) groups excluding carboxylic acids is 3. The molecule has 0 N–H and O–H groups in total. The number of hydrogen-bond donors (Lipinski definition) is 0. The van der Waals surface area contributed by atoms with Gasteiger partial charge in [0.2, 0.25) is 5.91 Å². The highest BCUT2D eigenvalue weighted by Crippen LogP contribution is 2.35. The Hall–Kier alpha value is -5.77. The molecular formula is C43H40N2O7. The number of β-lactam (4-membered cyclic amide) rings is 1. The average Bonchev–Trinajstić information content (AvgIpc) is 3.55. The average molecular weight is 697 g/mol. The Balaban J connectivity index is 1.30. The van der Waals surface area contributed by atoms with E-state index in [0.29, 0.717) is 0 Å². The highest BCUT2D eigenvalue weighted by molar-refractivity contribution is 5.84. The van der Waals surface area contributed by atoms with Crippen molar-refractivity contribution in [1.82, 2.24) is 9.80 Å². The van der Waals surface area contributed by atoms with Crippen molar-refractivity contribution in [3.8, 4) is 0 Å². The van der Waals surface area contributed by atoms with Crippen molar-refractivity contribution >= 4 is 18.0 Å². The molecule has 0 unspecified atom stereocenters. The smallest absolute Gasteiger partial charge is 0.411 e. The maximum absolute atomic E-state index is 15.1. The minimum absolute atomic E-state index is 0.0107. The van der Waals surface area contributed by atoms with E-state index in [2.05, 4.69) is 0 Å². The minimum atomic E-state index is -1.35. The fourth-order valence-corrected chi connectivity index (χ4v) is 6.62. The van der Waals surface area contributed by atoms with Crippen molar-refractivity contribution in [3.05, 3.63) is 179 Å². The first-order chi connectivity index (χ1) is 25.5. The SMILES string of the molecule is O=C(OC(c1ccccc1)c1ccccc1)[C@H]([C@@H](OCc1ccccc1)[C@H]1CN2C(=O)C[C@H]2O1)N(Cc1ccccc1)C(=O)OCc1ccccc1. The summed E-state index contributed by atoms with van der Waals surface area (Å²) in [4.78, 5) is 45.1. The highest BCUT2D eigenvalue weighted by Gasteiger charge is 2.53. The quantitative estimate of drug-likeness (QED) is 0.0906. The van der Waals surface area contributed by atoms with E-state index in [1.54, 1.807) is 4.90 Å². The molecule has 2 aliphatic heterocycles. The van der Waals surface area contributed by atoms with Crippen LogP contribution in [0, 0.1) is 0 Å². The van der Waals surface area contributed by atoms with Gasteiger partial charge in [-0.2, -0.15) is 0 Å². The predicted octanol–water partition coefficient (Wildman–Crippen LogP) is 7.07. The van der Waals surface area contributed by atoms with E-state index >= 15 is 4.79 Å². The molecule has 52 heavy (non-hydrogen) atoms. The van der Waals surface area contributed by atoms with E-state index in [0.717, 1.165) is 27.8 Å². The molecule has 2 aliphatic rings. The Kier molecular flexibility index (Phi) is 11.0. The molecule has 9 nitrogen and oxygen atoms in total. The van der Waals surface area contributed by atoms with Crippen LogP contribution in [0.2, 0.25) is 0 Å². The number of ether oxygens (including phenoxy) is 4. The predicted molar refractivity (Wildman–Crippen MR) is 193 cm³/mol. The summed E-state index contributed by atoms with van der Waals surface area (Å²) in [5.74, 6) is -0.738. The van der Waals surface area contributed by atoms with Gasteiger partial charge in [0.15, 0.2) is 12.1 Å². The van der Waals surface area contributed by atoms with Crippen LogP contribution < -0.4 is 0 Å². The maximum Gasteiger partial charge on any atom is 0.411 e. The van der Waals surface area contributed by atoms with E-state index in [1.165, 1.54) is 4.90 Å². The van der Waals surface area contributed by atoms with Crippen molar-refractivity contribution in [3.63, 3.8) is 0 Å². The van der Waals surface area contributed by atoms with Crippen LogP contribution in [0.4, 0.5) is 4.79 Å². The van der Waals surface area contributed by atoms with E-state index < -0.39 is 42.6 Å². The third kappa shape index (κ3) is 8.23. The van der Waals surface area contributed by atoms with E-state index in [1.807, 2.05) is 152 Å². The first-order valence-corrected chi connectivity index (χ1v) is 17.5. The molecule has 4 atom stereocenters. The molecular weight excluding hydrogens is 656 g/mol. The highest BCUT2D eigenvalue weighted by atomic mass is 16.6. The van der Waals surface area contributed by atoms with Gasteiger partial charge in [0, 0.05) is 0 Å². The lowest BCUT2D eigenvalue weighted by molar-refractivity contribution is -0.173. The fraction of sp³-hybridized carbons (Fsp3) is 0.233. The van der Waals surface area contributed by atoms with Crippen LogP contribution in [0.3, 0.4) is 0 Å². The normalized spacial score (nSPS) is 17.5. The monoisotopic (exact) mass is 696 g/mol. The summed E-state index contributed by atoms with van der Waals surface area (Å²) in [7, 11) is 0. The lowest BCUT2D eigenvalue weighted by Gasteiger charge is -2.37. The number of fused-ring (bicyclic) bond motifs is 1. The largest absolute Gasteiger partial charge is 0.451 e. The summed E-state index contributed by atoms with van der Waals surface area (Å²) in [5, 5.41) is 0. The zero-order chi connectivity index (χ0) is 35.7. The number of nitrogens with zero attached hydrogens (tertiary/aromatic N) is 2. The summed E-state index contributed by atoms with van der Waals surface area (Å²) in [6, 6.07) is 45.9. The number of carbonyl (C=O) groups is 3. The Bertz CT molecular complexity index is 1870. The summed E-state index contributed by atoms with van der Waals surface area (Å²) in [5.41, 5.74) is 3.95. The maximum atomic E-state index is 15.1. The summed E-state index contributed by atoms with van der Waals surface area (Å²) >= 11 is 0. The van der Waals surface area contributed by atoms with Crippen molar-refractivity contribution in [2.75, 3.05) is 6.54 Å². The fourth-order valence-electron chi connectivity index (χ4n) is 6.62. The van der Waals surface area contributed by atoms with Gasteiger partial charge in [-0.3, -0.25) is 9.69 Å². The topological polar surface area (TPSA) is 94.6 Å². The molecule has 0 aliphatic carbocycles. The Labute approximate surface area is 303 Å². The van der Waals surface area contributed by atoms with Crippen LogP contribution in [-0.4, -0.2) is 58.8 Å². The number of amides is 2. The van der Waals surface area contributed by atoms with Gasteiger partial charge in [0.05, 0.1) is 26.1 Å². The van der Waals surface area contributed by atoms with Crippen LogP contribution in [-0.2, 0) is 48.3 Å². The second-order valence-electron chi connectivity index (χ2n) is 12.9. The van der Waals surface area contributed by atoms with Crippen LogP contribution in [0.15, 0.2) is 152 Å². The van der Waals surface area contributed by atoms with Gasteiger partial charge in [-0.05, 0) is 27.8 Å². The second kappa shape index (κ2) is 16.5. The zero-order valence-corrected chi connectivity index (χ0v) is 28.6. The van der Waals surface area contributed by atoms with Crippen molar-refractivity contribution in [2.24, 2.45) is 0 Å². The molecule has 0 saturated carbocycles. The van der Waals surface area contributed by atoms with Crippen LogP contribution in [0.25, 0.3) is 0 Å². The lowest BCUT2D eigenvalue weighted by Crippen LogP contribution is -2.57. The van der Waals surface area contributed by atoms with Crippen LogP contribution >= 0.6 is 0 Å². The molecule has 5 aromatic rings. The number of benzene rings is 5. The first-order valence-electron chi connectivity index (χ1n) is 17.5. The van der Waals surface area contributed by atoms with E-state index in [4.69, 9.17) is 18.9 Å². The molecule has 0 aromatic heterocycles. The molecule has 2 fully saturated rings. The molecule has 2 heterocycles. The van der Waals surface area contributed by atoms with E-state index in [-0.39, 0.29) is 38.6 Å². The van der Waals surface area contributed by atoms with Gasteiger partial charge in [0.1, 0.15) is 25.0 Å². The molecule has 0 spiro atoms. The lowest BCUT2D eigenvalue weighted by atomic mass is 9.99. The second-order valence-corrected chi connectivity index (χ2v) is 12.9. The van der Waals surface area contributed by atoms with Crippen molar-refractivity contribution < 1.29 is 33.3 Å². The molecule has 5 aromatic carbocycles. The Morgan fingerprint density at radius 2 is 1.19 bits per heavy atom. The number of hydrogen-bond acceptors (Lipinski definition) is 7. The van der Waals surface area contributed by atoms with Gasteiger partial charge in [0.25, 0.3) is 0 Å². The van der Waals surface area contributed by atoms with Gasteiger partial charge < -0.3 is 23.8 Å². The summed E-state index contributed by atoms with van der Waals surface area (Å²) in [6.45, 7) is 0.321. The van der Waals surface area contributed by atoms with E-state index in [9.17, 15) is 9.59 Å². The first kappa shape index (κ1) is 34.7. The Morgan fingerprint density at radius 3 is 1.71 bits per heavy atom. The van der Waals surface area contributed by atoms with Crippen LogP contribution in [0.1, 0.15) is 40.3 Å². The molecule has 9 heteroatoms. The molecule has 2 saturated heterocycles. The van der Waals surface area contributed by atoms with Gasteiger partial charge in [-0.25, -0.2) is 9.59 Å². The van der Waals surface area contributed by atoms with Crippen molar-refractivity contribution in [1.29, 1.82) is 0 Å². The molecule has 264 valence electrons. The Morgan fingerprint density at radius 1 is 0.692 bits per heavy atom. The minimum Gasteiger partial charge on any atom is -0.451 e. The van der Waals surface area contributed by atoms with Gasteiger partial charge >= 0.3 is 12.1 Å². The van der Waals surface area contributed by atoms with Crippen molar-refractivity contribution in [2.45, 2.75) is 56.8 Å². The molecule has 0 bridgehead atoms. The molecule has 2 amide bonds.